The molecule has 6 heteroatoms. The lowest BCUT2D eigenvalue weighted by atomic mass is 10.0. The first-order chi connectivity index (χ1) is 10.5. The molecule has 2 heterocycles. The van der Waals surface area contributed by atoms with Gasteiger partial charge in [-0.1, -0.05) is 11.6 Å². The maximum atomic E-state index is 13.6. The predicted octanol–water partition coefficient (Wildman–Crippen LogP) is 3.71. The number of rotatable bonds is 3. The van der Waals surface area contributed by atoms with Crippen molar-refractivity contribution in [3.05, 3.63) is 51.6 Å². The molecule has 22 heavy (non-hydrogen) atoms. The Hall–Kier alpha value is -1.46. The first-order valence-electron chi connectivity index (χ1n) is 7.38. The maximum Gasteiger partial charge on any atom is 0.152 e. The van der Waals surface area contributed by atoms with Crippen LogP contribution in [-0.4, -0.2) is 16.1 Å². The Kier molecular flexibility index (Phi) is 4.19. The van der Waals surface area contributed by atoms with Gasteiger partial charge >= 0.3 is 0 Å². The number of nitrogens with one attached hydrogen (secondary N) is 1. The minimum absolute atomic E-state index is 0.0508. The second-order valence-corrected chi connectivity index (χ2v) is 6.07. The summed E-state index contributed by atoms with van der Waals surface area (Å²) in [5.74, 6) is -0.0880. The van der Waals surface area contributed by atoms with Crippen LogP contribution in [0.1, 0.15) is 35.1 Å². The number of halogens is 3. The van der Waals surface area contributed by atoms with Gasteiger partial charge in [0, 0.05) is 18.7 Å². The van der Waals surface area contributed by atoms with Crippen LogP contribution in [0.3, 0.4) is 0 Å². The number of hydrogen-bond acceptors (Lipinski definition) is 2. The standard InChI is InChI=1S/C16H18ClF2N3/c1-9-12(18)7-11(8-13(9)19)3-4-14-15-16(17)21-10(2)22(15)6-5-20-14/h7-8,14,20H,3-6H2,1-2H3. The fraction of sp³-hybridized carbons (Fsp3) is 0.438. The van der Waals surface area contributed by atoms with Crippen molar-refractivity contribution in [3.8, 4) is 0 Å². The molecule has 0 aliphatic carbocycles. The number of fused-ring (bicyclic) bond motifs is 1. The predicted molar refractivity (Wildman–Crippen MR) is 82.1 cm³/mol. The minimum atomic E-state index is -0.495. The van der Waals surface area contributed by atoms with Crippen molar-refractivity contribution in [2.24, 2.45) is 0 Å². The highest BCUT2D eigenvalue weighted by Gasteiger charge is 2.25. The van der Waals surface area contributed by atoms with Crippen LogP contribution in [0.5, 0.6) is 0 Å². The van der Waals surface area contributed by atoms with E-state index in [0.717, 1.165) is 24.6 Å². The zero-order chi connectivity index (χ0) is 15.9. The molecule has 1 aliphatic heterocycles. The molecule has 1 aromatic carbocycles. The van der Waals surface area contributed by atoms with Gasteiger partial charge in [0.15, 0.2) is 5.15 Å². The van der Waals surface area contributed by atoms with Gasteiger partial charge in [0.2, 0.25) is 0 Å². The third kappa shape index (κ3) is 2.75. The van der Waals surface area contributed by atoms with Gasteiger partial charge in [0.1, 0.15) is 17.5 Å². The Balaban J connectivity index is 1.79. The Morgan fingerprint density at radius 3 is 2.68 bits per heavy atom. The molecule has 0 radical (unpaired) electrons. The molecule has 0 amide bonds. The van der Waals surface area contributed by atoms with Crippen LogP contribution in [0.4, 0.5) is 8.78 Å². The second-order valence-electron chi connectivity index (χ2n) is 5.72. The molecular weight excluding hydrogens is 308 g/mol. The summed E-state index contributed by atoms with van der Waals surface area (Å²) in [5.41, 5.74) is 1.70. The fourth-order valence-electron chi connectivity index (χ4n) is 3.00. The van der Waals surface area contributed by atoms with E-state index in [1.54, 1.807) is 0 Å². The molecule has 1 aliphatic rings. The molecule has 0 saturated carbocycles. The lowest BCUT2D eigenvalue weighted by Crippen LogP contribution is -2.34. The van der Waals surface area contributed by atoms with Gasteiger partial charge in [-0.25, -0.2) is 13.8 Å². The lowest BCUT2D eigenvalue weighted by Gasteiger charge is -2.26. The summed E-state index contributed by atoms with van der Waals surface area (Å²) < 4.78 is 29.4. The smallest absolute Gasteiger partial charge is 0.152 e. The van der Waals surface area contributed by atoms with Crippen LogP contribution in [0.15, 0.2) is 12.1 Å². The highest BCUT2D eigenvalue weighted by molar-refractivity contribution is 6.30. The summed E-state index contributed by atoms with van der Waals surface area (Å²) in [6, 6.07) is 2.87. The zero-order valence-corrected chi connectivity index (χ0v) is 13.3. The first kappa shape index (κ1) is 15.4. The molecule has 118 valence electrons. The van der Waals surface area contributed by atoms with Crippen LogP contribution < -0.4 is 5.32 Å². The summed E-state index contributed by atoms with van der Waals surface area (Å²) in [7, 11) is 0. The van der Waals surface area contributed by atoms with Crippen LogP contribution in [0.25, 0.3) is 0 Å². The maximum absolute atomic E-state index is 13.6. The number of aromatic nitrogens is 2. The van der Waals surface area contributed by atoms with Crippen molar-refractivity contribution in [1.82, 2.24) is 14.9 Å². The molecule has 3 nitrogen and oxygen atoms in total. The van der Waals surface area contributed by atoms with Crippen molar-refractivity contribution in [3.63, 3.8) is 0 Å². The summed E-state index contributed by atoms with van der Waals surface area (Å²) >= 11 is 6.22. The van der Waals surface area contributed by atoms with E-state index in [9.17, 15) is 8.78 Å². The van der Waals surface area contributed by atoms with Gasteiger partial charge < -0.3 is 9.88 Å². The van der Waals surface area contributed by atoms with E-state index in [-0.39, 0.29) is 11.6 Å². The molecule has 2 aromatic rings. The Bertz CT molecular complexity index is 689. The largest absolute Gasteiger partial charge is 0.328 e. The quantitative estimate of drug-likeness (QED) is 0.932. The van der Waals surface area contributed by atoms with Crippen LogP contribution in [0, 0.1) is 25.5 Å². The van der Waals surface area contributed by atoms with E-state index in [0.29, 0.717) is 23.6 Å². The first-order valence-corrected chi connectivity index (χ1v) is 7.75. The van der Waals surface area contributed by atoms with Gasteiger partial charge in [-0.15, -0.1) is 0 Å². The topological polar surface area (TPSA) is 29.9 Å². The van der Waals surface area contributed by atoms with Gasteiger partial charge in [-0.3, -0.25) is 0 Å². The van der Waals surface area contributed by atoms with E-state index in [4.69, 9.17) is 11.6 Å². The fourth-order valence-corrected chi connectivity index (χ4v) is 3.35. The lowest BCUT2D eigenvalue weighted by molar-refractivity contribution is 0.402. The van der Waals surface area contributed by atoms with Crippen LogP contribution in [-0.2, 0) is 13.0 Å². The van der Waals surface area contributed by atoms with Crippen molar-refractivity contribution in [1.29, 1.82) is 0 Å². The van der Waals surface area contributed by atoms with E-state index >= 15 is 0 Å². The minimum Gasteiger partial charge on any atom is -0.328 e. The van der Waals surface area contributed by atoms with Gasteiger partial charge in [0.25, 0.3) is 0 Å². The van der Waals surface area contributed by atoms with Crippen LogP contribution in [0.2, 0.25) is 5.15 Å². The number of benzene rings is 1. The van der Waals surface area contributed by atoms with Crippen molar-refractivity contribution in [2.45, 2.75) is 39.3 Å². The number of hydrogen-bond donors (Lipinski definition) is 1. The Morgan fingerprint density at radius 2 is 2.00 bits per heavy atom. The number of imidazole rings is 1. The Morgan fingerprint density at radius 1 is 1.32 bits per heavy atom. The highest BCUT2D eigenvalue weighted by atomic mass is 35.5. The summed E-state index contributed by atoms with van der Waals surface area (Å²) in [6.07, 6.45) is 1.29. The molecule has 0 spiro atoms. The zero-order valence-electron chi connectivity index (χ0n) is 12.6. The monoisotopic (exact) mass is 325 g/mol. The third-order valence-corrected chi connectivity index (χ3v) is 4.55. The summed E-state index contributed by atoms with van der Waals surface area (Å²) in [6.45, 7) is 5.05. The number of aryl methyl sites for hydroxylation is 2. The Labute approximate surface area is 133 Å². The number of nitrogens with zero attached hydrogens (tertiary/aromatic N) is 2. The van der Waals surface area contributed by atoms with E-state index < -0.39 is 11.6 Å². The second kappa shape index (κ2) is 5.97. The van der Waals surface area contributed by atoms with Crippen molar-refractivity contribution < 1.29 is 8.78 Å². The summed E-state index contributed by atoms with van der Waals surface area (Å²) in [5, 5.41) is 3.92. The van der Waals surface area contributed by atoms with Crippen LogP contribution >= 0.6 is 11.6 Å². The average molecular weight is 326 g/mol. The SMILES string of the molecule is Cc1c(F)cc(CCC2NCCn3c(C)nc(Cl)c32)cc1F. The molecule has 1 unspecified atom stereocenters. The van der Waals surface area contributed by atoms with Crippen molar-refractivity contribution in [2.75, 3.05) is 6.54 Å². The molecule has 3 rings (SSSR count). The highest BCUT2D eigenvalue weighted by Crippen LogP contribution is 2.30. The molecule has 1 N–H and O–H groups in total. The van der Waals surface area contributed by atoms with Gasteiger partial charge in [-0.05, 0) is 44.4 Å². The van der Waals surface area contributed by atoms with Gasteiger partial charge in [-0.2, -0.15) is 0 Å². The molecular formula is C16H18ClF2N3. The van der Waals surface area contributed by atoms with E-state index in [1.165, 1.54) is 19.1 Å². The van der Waals surface area contributed by atoms with E-state index in [1.807, 2.05) is 6.92 Å². The normalized spacial score (nSPS) is 17.6. The third-order valence-electron chi connectivity index (χ3n) is 4.27. The summed E-state index contributed by atoms with van der Waals surface area (Å²) in [4.78, 5) is 4.31. The molecule has 0 fully saturated rings. The molecule has 0 saturated heterocycles. The average Bonchev–Trinajstić information content (AvgIpc) is 2.78. The molecule has 0 bridgehead atoms. The van der Waals surface area contributed by atoms with Crippen molar-refractivity contribution >= 4 is 11.6 Å². The molecule has 1 atom stereocenters. The molecule has 1 aromatic heterocycles. The van der Waals surface area contributed by atoms with E-state index in [2.05, 4.69) is 14.9 Å². The van der Waals surface area contributed by atoms with Gasteiger partial charge in [0.05, 0.1) is 11.7 Å².